The maximum atomic E-state index is 12.1. The van der Waals surface area contributed by atoms with E-state index in [-0.39, 0.29) is 0 Å². The predicted octanol–water partition coefficient (Wildman–Crippen LogP) is 5.83. The van der Waals surface area contributed by atoms with E-state index in [9.17, 15) is 4.79 Å². The molecule has 0 aliphatic rings. The van der Waals surface area contributed by atoms with Crippen LogP contribution in [0.25, 0.3) is 0 Å². The van der Waals surface area contributed by atoms with Gasteiger partial charge >= 0.3 is 0 Å². The fraction of sp³-hybridized carbons (Fsp3) is 0.824. The maximum Gasteiger partial charge on any atom is 0.158 e. The van der Waals surface area contributed by atoms with Crippen molar-refractivity contribution in [2.75, 3.05) is 0 Å². The van der Waals surface area contributed by atoms with Crippen LogP contribution in [0.1, 0.15) is 91.4 Å². The first kappa shape index (κ1) is 17.4. The number of unbranched alkanes of at least 4 members (excludes halogenated alkanes) is 6. The van der Waals surface area contributed by atoms with Gasteiger partial charge in [-0.05, 0) is 37.7 Å². The van der Waals surface area contributed by atoms with Gasteiger partial charge in [0.1, 0.15) is 0 Å². The molecule has 0 aliphatic heterocycles. The van der Waals surface area contributed by atoms with E-state index in [1.165, 1.54) is 38.5 Å². The van der Waals surface area contributed by atoms with Gasteiger partial charge in [0, 0.05) is 6.42 Å². The largest absolute Gasteiger partial charge is 0.295 e. The minimum atomic E-state index is 0.411. The van der Waals surface area contributed by atoms with Crippen LogP contribution in [0.2, 0.25) is 0 Å². The molecule has 0 spiro atoms. The highest BCUT2D eigenvalue weighted by Crippen LogP contribution is 2.15. The van der Waals surface area contributed by atoms with Crippen LogP contribution in [-0.4, -0.2) is 5.78 Å². The van der Waals surface area contributed by atoms with Crippen molar-refractivity contribution in [2.45, 2.75) is 91.4 Å². The van der Waals surface area contributed by atoms with Crippen LogP contribution in [0, 0.1) is 0 Å². The summed E-state index contributed by atoms with van der Waals surface area (Å²) in [7, 11) is 0. The maximum absolute atomic E-state index is 12.1. The lowest BCUT2D eigenvalue weighted by Crippen LogP contribution is -2.03. The Bertz CT molecular complexity index is 228. The van der Waals surface area contributed by atoms with Gasteiger partial charge in [0.15, 0.2) is 5.78 Å². The van der Waals surface area contributed by atoms with Gasteiger partial charge in [-0.25, -0.2) is 0 Å². The topological polar surface area (TPSA) is 17.1 Å². The number of carbonyl (C=O) groups is 1. The molecule has 0 N–H and O–H groups in total. The fourth-order valence-electron chi connectivity index (χ4n) is 2.09. The molecule has 0 radical (unpaired) electrons. The van der Waals surface area contributed by atoms with Crippen molar-refractivity contribution in [3.05, 3.63) is 11.6 Å². The highest BCUT2D eigenvalue weighted by atomic mass is 16.1. The number of hydrogen-bond donors (Lipinski definition) is 0. The van der Waals surface area contributed by atoms with Crippen LogP contribution in [-0.2, 0) is 4.79 Å². The molecular weight excluding hydrogens is 220 g/mol. The van der Waals surface area contributed by atoms with Crippen LogP contribution < -0.4 is 0 Å². The molecule has 0 aliphatic carbocycles. The van der Waals surface area contributed by atoms with E-state index in [0.717, 1.165) is 37.7 Å². The van der Waals surface area contributed by atoms with E-state index < -0.39 is 0 Å². The molecule has 0 aromatic carbocycles. The van der Waals surface area contributed by atoms with Gasteiger partial charge in [-0.2, -0.15) is 0 Å². The summed E-state index contributed by atoms with van der Waals surface area (Å²) in [6, 6.07) is 0. The van der Waals surface area contributed by atoms with Crippen LogP contribution in [0.3, 0.4) is 0 Å². The second-order valence-electron chi connectivity index (χ2n) is 5.21. The normalized spacial score (nSPS) is 11.8. The van der Waals surface area contributed by atoms with Crippen molar-refractivity contribution in [3.63, 3.8) is 0 Å². The fourth-order valence-corrected chi connectivity index (χ4v) is 2.09. The lowest BCUT2D eigenvalue weighted by Gasteiger charge is -2.06. The van der Waals surface area contributed by atoms with Gasteiger partial charge in [0.05, 0.1) is 0 Å². The van der Waals surface area contributed by atoms with E-state index in [0.29, 0.717) is 5.78 Å². The lowest BCUT2D eigenvalue weighted by molar-refractivity contribution is -0.115. The zero-order chi connectivity index (χ0) is 13.6. The summed E-state index contributed by atoms with van der Waals surface area (Å²) in [6.07, 6.45) is 14.6. The molecule has 0 amide bonds. The average Bonchev–Trinajstić information content (AvgIpc) is 2.38. The molecule has 0 unspecified atom stereocenters. The smallest absolute Gasteiger partial charge is 0.158 e. The van der Waals surface area contributed by atoms with Crippen molar-refractivity contribution in [3.8, 4) is 0 Å². The SMILES string of the molecule is CCCCCC=C(CCCC)C(=O)CCCCC. The van der Waals surface area contributed by atoms with Crippen LogP contribution >= 0.6 is 0 Å². The standard InChI is InChI=1S/C17H32O/c1-4-7-10-12-14-16(13-9-6-3)17(18)15-11-8-5-2/h14H,4-13,15H2,1-3H3. The minimum Gasteiger partial charge on any atom is -0.295 e. The van der Waals surface area contributed by atoms with Crippen molar-refractivity contribution < 1.29 is 4.79 Å². The first-order valence-corrected chi connectivity index (χ1v) is 7.98. The highest BCUT2D eigenvalue weighted by Gasteiger charge is 2.08. The summed E-state index contributed by atoms with van der Waals surface area (Å²) in [4.78, 5) is 12.1. The molecule has 0 saturated carbocycles. The molecule has 0 heterocycles. The number of Topliss-reactive ketones (excluding diaryl/α,β-unsaturated/α-hetero) is 1. The minimum absolute atomic E-state index is 0.411. The summed E-state index contributed by atoms with van der Waals surface area (Å²) in [5.74, 6) is 0.411. The highest BCUT2D eigenvalue weighted by molar-refractivity contribution is 5.95. The second-order valence-corrected chi connectivity index (χ2v) is 5.21. The third-order valence-electron chi connectivity index (χ3n) is 3.36. The van der Waals surface area contributed by atoms with Crippen LogP contribution in [0.4, 0.5) is 0 Å². The molecular formula is C17H32O. The Morgan fingerprint density at radius 1 is 0.778 bits per heavy atom. The second kappa shape index (κ2) is 12.9. The Hall–Kier alpha value is -0.590. The number of rotatable bonds is 12. The Morgan fingerprint density at radius 3 is 2.00 bits per heavy atom. The Morgan fingerprint density at radius 2 is 1.39 bits per heavy atom. The molecule has 0 aromatic heterocycles. The van der Waals surface area contributed by atoms with Gasteiger partial charge in [-0.3, -0.25) is 4.79 Å². The van der Waals surface area contributed by atoms with E-state index >= 15 is 0 Å². The average molecular weight is 252 g/mol. The first-order chi connectivity index (χ1) is 8.76. The molecule has 1 nitrogen and oxygen atoms in total. The summed E-state index contributed by atoms with van der Waals surface area (Å²) in [5.41, 5.74) is 1.11. The number of carbonyl (C=O) groups excluding carboxylic acids is 1. The third-order valence-corrected chi connectivity index (χ3v) is 3.36. The summed E-state index contributed by atoms with van der Waals surface area (Å²) in [5, 5.41) is 0. The third kappa shape index (κ3) is 9.44. The van der Waals surface area contributed by atoms with Gasteiger partial charge in [-0.15, -0.1) is 0 Å². The van der Waals surface area contributed by atoms with E-state index in [4.69, 9.17) is 0 Å². The summed E-state index contributed by atoms with van der Waals surface area (Å²) < 4.78 is 0. The van der Waals surface area contributed by atoms with E-state index in [1.807, 2.05) is 0 Å². The van der Waals surface area contributed by atoms with Crippen molar-refractivity contribution in [1.29, 1.82) is 0 Å². The zero-order valence-electron chi connectivity index (χ0n) is 12.8. The van der Waals surface area contributed by atoms with Gasteiger partial charge in [0.2, 0.25) is 0 Å². The van der Waals surface area contributed by atoms with E-state index in [1.54, 1.807) is 0 Å². The Balaban J connectivity index is 4.13. The Kier molecular flexibility index (Phi) is 12.4. The molecule has 0 bridgehead atoms. The molecule has 106 valence electrons. The summed E-state index contributed by atoms with van der Waals surface area (Å²) in [6.45, 7) is 6.59. The lowest BCUT2D eigenvalue weighted by atomic mass is 9.98. The zero-order valence-corrected chi connectivity index (χ0v) is 12.8. The van der Waals surface area contributed by atoms with Gasteiger partial charge in [-0.1, -0.05) is 59.0 Å². The molecule has 0 saturated heterocycles. The number of allylic oxidation sites excluding steroid dienone is 2. The molecule has 0 atom stereocenters. The van der Waals surface area contributed by atoms with Crippen LogP contribution in [0.15, 0.2) is 11.6 Å². The number of ketones is 1. The number of hydrogen-bond acceptors (Lipinski definition) is 1. The van der Waals surface area contributed by atoms with Crippen molar-refractivity contribution in [2.24, 2.45) is 0 Å². The molecule has 1 heteroatoms. The first-order valence-electron chi connectivity index (χ1n) is 7.98. The molecule has 18 heavy (non-hydrogen) atoms. The van der Waals surface area contributed by atoms with Gasteiger partial charge < -0.3 is 0 Å². The Labute approximate surface area is 114 Å². The molecule has 0 fully saturated rings. The molecule has 0 aromatic rings. The molecule has 0 rings (SSSR count). The quantitative estimate of drug-likeness (QED) is 0.315. The van der Waals surface area contributed by atoms with Crippen molar-refractivity contribution >= 4 is 5.78 Å². The van der Waals surface area contributed by atoms with Gasteiger partial charge in [0.25, 0.3) is 0 Å². The van der Waals surface area contributed by atoms with Crippen molar-refractivity contribution in [1.82, 2.24) is 0 Å². The monoisotopic (exact) mass is 252 g/mol. The predicted molar refractivity (Wildman–Crippen MR) is 80.9 cm³/mol. The summed E-state index contributed by atoms with van der Waals surface area (Å²) >= 11 is 0. The van der Waals surface area contributed by atoms with Crippen LogP contribution in [0.5, 0.6) is 0 Å². The van der Waals surface area contributed by atoms with E-state index in [2.05, 4.69) is 26.8 Å².